The van der Waals surface area contributed by atoms with Crippen LogP contribution in [0.5, 0.6) is 5.75 Å². The Labute approximate surface area is 234 Å². The first-order valence-corrected chi connectivity index (χ1v) is 13.6. The monoisotopic (exact) mass is 562 g/mol. The molecule has 8 nitrogen and oxygen atoms in total. The van der Waals surface area contributed by atoms with E-state index in [9.17, 15) is 14.4 Å². The number of halogens is 2. The molecule has 2 aliphatic rings. The lowest BCUT2D eigenvalue weighted by Crippen LogP contribution is -2.50. The van der Waals surface area contributed by atoms with Crippen molar-refractivity contribution in [3.8, 4) is 5.75 Å². The number of nitrogens with one attached hydrogen (secondary N) is 3. The summed E-state index contributed by atoms with van der Waals surface area (Å²) in [5.74, 6) is 0.449. The van der Waals surface area contributed by atoms with E-state index in [-0.39, 0.29) is 36.9 Å². The summed E-state index contributed by atoms with van der Waals surface area (Å²) >= 11 is 11.4. The summed E-state index contributed by atoms with van der Waals surface area (Å²) in [5.41, 5.74) is 2.15. The van der Waals surface area contributed by atoms with Gasteiger partial charge in [0.1, 0.15) is 12.4 Å². The van der Waals surface area contributed by atoms with Gasteiger partial charge in [-0.25, -0.2) is 0 Å². The van der Waals surface area contributed by atoms with E-state index in [1.165, 1.54) is 4.90 Å². The van der Waals surface area contributed by atoms with Crippen LogP contribution in [-0.4, -0.2) is 68.5 Å². The fourth-order valence-electron chi connectivity index (χ4n) is 4.01. The largest absolute Gasteiger partial charge is 0.492 e. The van der Waals surface area contributed by atoms with Crippen LogP contribution >= 0.6 is 23.2 Å². The number of para-hydroxylation sites is 1. The zero-order chi connectivity index (χ0) is 27.5. The van der Waals surface area contributed by atoms with E-state index in [1.807, 2.05) is 43.3 Å². The lowest BCUT2D eigenvalue weighted by Gasteiger charge is -2.24. The predicted molar refractivity (Wildman–Crippen MR) is 150 cm³/mol. The van der Waals surface area contributed by atoms with Gasteiger partial charge in [-0.05, 0) is 67.9 Å². The van der Waals surface area contributed by atoms with Crippen LogP contribution in [0.3, 0.4) is 0 Å². The number of benzene rings is 2. The van der Waals surface area contributed by atoms with Crippen LogP contribution in [0.2, 0.25) is 10.0 Å². The topological polar surface area (TPSA) is 99.8 Å². The minimum Gasteiger partial charge on any atom is -0.492 e. The molecular formula is C28H36Cl2N4O4. The smallest absolute Gasteiger partial charge is 0.240 e. The maximum Gasteiger partial charge on any atom is 0.240 e. The van der Waals surface area contributed by atoms with Crippen molar-refractivity contribution in [2.24, 2.45) is 5.92 Å². The third-order valence-electron chi connectivity index (χ3n) is 6.34. The minimum atomic E-state index is -0.344. The Morgan fingerprint density at radius 3 is 2.45 bits per heavy atom. The lowest BCUT2D eigenvalue weighted by atomic mass is 10.1. The van der Waals surface area contributed by atoms with Crippen molar-refractivity contribution in [2.75, 3.05) is 39.8 Å². The van der Waals surface area contributed by atoms with Crippen LogP contribution in [0.15, 0.2) is 42.5 Å². The molecule has 0 saturated heterocycles. The average Bonchev–Trinajstić information content (AvgIpc) is 3.73. The first-order valence-electron chi connectivity index (χ1n) is 12.9. The number of carbonyl (C=O) groups excluding carboxylic acids is 3. The van der Waals surface area contributed by atoms with Gasteiger partial charge in [0.2, 0.25) is 17.7 Å². The number of ether oxygens (including phenoxy) is 1. The van der Waals surface area contributed by atoms with Crippen LogP contribution in [0.1, 0.15) is 30.4 Å². The van der Waals surface area contributed by atoms with Crippen LogP contribution in [0.4, 0.5) is 0 Å². The molecule has 1 unspecified atom stereocenters. The van der Waals surface area contributed by atoms with E-state index >= 15 is 0 Å². The predicted octanol–water partition coefficient (Wildman–Crippen LogP) is 3.37. The van der Waals surface area contributed by atoms with Gasteiger partial charge in [-0.2, -0.15) is 0 Å². The third-order valence-corrected chi connectivity index (χ3v) is 6.98. The third kappa shape index (κ3) is 9.82. The van der Waals surface area contributed by atoms with E-state index in [0.717, 1.165) is 47.6 Å². The summed E-state index contributed by atoms with van der Waals surface area (Å²) in [6.45, 7) is 3.31. The van der Waals surface area contributed by atoms with Gasteiger partial charge in [-0.1, -0.05) is 47.5 Å². The number of hydrogen-bond donors (Lipinski definition) is 3. The average molecular weight is 564 g/mol. The summed E-state index contributed by atoms with van der Waals surface area (Å²) in [7, 11) is 1.62. The molecule has 4 rings (SSSR count). The summed E-state index contributed by atoms with van der Waals surface area (Å²) in [6, 6.07) is 13.0. The van der Waals surface area contributed by atoms with Crippen LogP contribution in [-0.2, 0) is 20.8 Å². The van der Waals surface area contributed by atoms with Crippen molar-refractivity contribution < 1.29 is 19.1 Å². The van der Waals surface area contributed by atoms with E-state index in [0.29, 0.717) is 30.6 Å². The molecule has 10 heteroatoms. The molecule has 206 valence electrons. The quantitative estimate of drug-likeness (QED) is 0.494. The molecule has 1 aliphatic heterocycles. The first-order chi connectivity index (χ1) is 18.2. The fraction of sp³-hybridized carbons (Fsp3) is 0.464. The van der Waals surface area contributed by atoms with Gasteiger partial charge in [0.05, 0.1) is 19.1 Å². The van der Waals surface area contributed by atoms with Crippen molar-refractivity contribution in [1.29, 1.82) is 0 Å². The molecule has 1 saturated carbocycles. The number of likely N-dealkylation sites (N-methyl/N-ethyl adjacent to an activating group) is 1. The number of hydrogen-bond acceptors (Lipinski definition) is 5. The zero-order valence-electron chi connectivity index (χ0n) is 21.9. The molecule has 0 radical (unpaired) electrons. The van der Waals surface area contributed by atoms with Crippen LogP contribution in [0, 0.1) is 12.8 Å². The Kier molecular flexibility index (Phi) is 11.7. The van der Waals surface area contributed by atoms with E-state index in [1.54, 1.807) is 13.1 Å². The Morgan fingerprint density at radius 1 is 0.974 bits per heavy atom. The Bertz CT molecular complexity index is 1110. The number of fused-ring (bicyclic) bond motifs is 1. The van der Waals surface area contributed by atoms with Crippen molar-refractivity contribution in [2.45, 2.75) is 38.6 Å². The van der Waals surface area contributed by atoms with Gasteiger partial charge >= 0.3 is 0 Å². The highest BCUT2D eigenvalue weighted by molar-refractivity contribution is 6.35. The van der Waals surface area contributed by atoms with Gasteiger partial charge in [0, 0.05) is 30.2 Å². The van der Waals surface area contributed by atoms with E-state index in [4.69, 9.17) is 27.9 Å². The first kappa shape index (κ1) is 29.7. The second-order valence-electron chi connectivity index (χ2n) is 9.54. The maximum absolute atomic E-state index is 12.8. The molecule has 1 atom stereocenters. The number of carbonyl (C=O) groups is 3. The summed E-state index contributed by atoms with van der Waals surface area (Å²) in [4.78, 5) is 38.2. The molecular weight excluding hydrogens is 527 g/mol. The minimum absolute atomic E-state index is 0.0686. The number of rotatable bonds is 1. The van der Waals surface area contributed by atoms with Gasteiger partial charge < -0.3 is 25.6 Å². The molecule has 1 heterocycles. The fourth-order valence-corrected chi connectivity index (χ4v) is 4.42. The lowest BCUT2D eigenvalue weighted by molar-refractivity contribution is -0.137. The van der Waals surface area contributed by atoms with Crippen molar-refractivity contribution in [3.05, 3.63) is 63.6 Å². The molecule has 0 bridgehead atoms. The molecule has 1 aliphatic carbocycles. The SMILES string of the molecule is CN1CC(=O)NCC(=O)NCCCc2ccccc2OCCNC(C2CC2)C1=O.Cc1ccc(Cl)cc1Cl. The normalized spacial score (nSPS) is 19.9. The Balaban J connectivity index is 0.000000375. The summed E-state index contributed by atoms with van der Waals surface area (Å²) in [5, 5.41) is 10.1. The number of amides is 3. The highest BCUT2D eigenvalue weighted by Crippen LogP contribution is 2.33. The van der Waals surface area contributed by atoms with Crippen molar-refractivity contribution in [1.82, 2.24) is 20.9 Å². The van der Waals surface area contributed by atoms with Crippen molar-refractivity contribution >= 4 is 40.9 Å². The Morgan fingerprint density at radius 2 is 1.74 bits per heavy atom. The van der Waals surface area contributed by atoms with Crippen LogP contribution in [0.25, 0.3) is 0 Å². The van der Waals surface area contributed by atoms with Gasteiger partial charge in [0.15, 0.2) is 0 Å². The number of aryl methyl sites for hydroxylation is 2. The number of nitrogens with zero attached hydrogens (tertiary/aromatic N) is 1. The molecule has 1 fully saturated rings. The molecule has 2 aromatic rings. The maximum atomic E-state index is 12.8. The van der Waals surface area contributed by atoms with Gasteiger partial charge in [0.25, 0.3) is 0 Å². The molecule has 38 heavy (non-hydrogen) atoms. The van der Waals surface area contributed by atoms with E-state index in [2.05, 4.69) is 16.0 Å². The van der Waals surface area contributed by atoms with Gasteiger partial charge in [-0.15, -0.1) is 0 Å². The molecule has 3 N–H and O–H groups in total. The molecule has 0 spiro atoms. The molecule has 0 aromatic heterocycles. The highest BCUT2D eigenvalue weighted by atomic mass is 35.5. The van der Waals surface area contributed by atoms with E-state index < -0.39 is 0 Å². The van der Waals surface area contributed by atoms with Gasteiger partial charge in [-0.3, -0.25) is 14.4 Å². The second-order valence-corrected chi connectivity index (χ2v) is 10.4. The molecule has 3 amide bonds. The summed E-state index contributed by atoms with van der Waals surface area (Å²) in [6.07, 6.45) is 3.57. The molecule has 2 aromatic carbocycles. The standard InChI is InChI=1S/C21H30N4O4.C7H6Cl2/c1-25-14-19(27)24-13-18(26)22-10-4-6-15-5-2-3-7-17(15)29-12-11-23-20(21(25)28)16-8-9-16;1-5-2-3-6(8)4-7(5)9/h2-3,5,7,16,20,23H,4,6,8-14H2,1H3,(H,22,26)(H,24,27);2-4H,1H3. The second kappa shape index (κ2) is 15.0. The zero-order valence-corrected chi connectivity index (χ0v) is 23.4. The highest BCUT2D eigenvalue weighted by Gasteiger charge is 2.37. The summed E-state index contributed by atoms with van der Waals surface area (Å²) < 4.78 is 5.94. The van der Waals surface area contributed by atoms with Crippen LogP contribution < -0.4 is 20.7 Å². The van der Waals surface area contributed by atoms with Crippen molar-refractivity contribution in [3.63, 3.8) is 0 Å². The Hall–Kier alpha value is -2.81.